The summed E-state index contributed by atoms with van der Waals surface area (Å²) < 4.78 is 115. The Bertz CT molecular complexity index is 2540. The number of hydrogen-bond donors (Lipinski definition) is 4. The van der Waals surface area contributed by atoms with Gasteiger partial charge >= 0.3 is 0 Å². The number of nitrogens with two attached hydrogens (primary N) is 1. The molecule has 1 aliphatic carbocycles. The number of nitrogens with one attached hydrogen (secondary N) is 2. The minimum atomic E-state index is -4.33. The highest BCUT2D eigenvalue weighted by atomic mass is 35.5. The van der Waals surface area contributed by atoms with E-state index in [1.807, 2.05) is 0 Å². The molecule has 5 aromatic rings. The normalized spacial score (nSPS) is 15.8. The molecule has 0 saturated heterocycles. The van der Waals surface area contributed by atoms with Crippen molar-refractivity contribution in [3.05, 3.63) is 93.0 Å². The van der Waals surface area contributed by atoms with Crippen molar-refractivity contribution >= 4 is 44.4 Å². The molecule has 0 saturated carbocycles. The standard InChI is InChI=1S/C36H33ClF6N8O4S/c1-17-15-36(42,43)32-27(17)30(33(40)41)47-51(32)16-26(52)46-25(13-18-11-19(38)14-20(39)12-18)29-22(6-5-21(45-29)9-10-35(2,3)53)23-7-8-24(37)28-31(23)50(4)48-34(28)49-56(44,54)55/h5-8,11-12,14,17,25,33,53H,13,15-16H2,1-4H3,(H,46,52)(H,48,49)(H2,44,54,55)/t17-,25-/m0/s1. The molecule has 20 heteroatoms. The lowest BCUT2D eigenvalue weighted by Crippen LogP contribution is -2.35. The topological polar surface area (TPSA) is 170 Å². The predicted molar refractivity (Wildman–Crippen MR) is 194 cm³/mol. The van der Waals surface area contributed by atoms with E-state index in [1.165, 1.54) is 50.7 Å². The third-order valence-corrected chi connectivity index (χ3v) is 9.63. The van der Waals surface area contributed by atoms with Crippen LogP contribution in [-0.4, -0.2) is 49.6 Å². The van der Waals surface area contributed by atoms with Crippen molar-refractivity contribution in [2.45, 2.75) is 70.1 Å². The van der Waals surface area contributed by atoms with Crippen LogP contribution in [0.25, 0.3) is 22.0 Å². The van der Waals surface area contributed by atoms with Crippen molar-refractivity contribution < 1.29 is 44.7 Å². The van der Waals surface area contributed by atoms with Crippen LogP contribution >= 0.6 is 11.6 Å². The first-order chi connectivity index (χ1) is 26.0. The number of carbonyl (C=O) groups is 1. The molecule has 0 fully saturated rings. The van der Waals surface area contributed by atoms with Crippen LogP contribution in [0.4, 0.5) is 32.2 Å². The Morgan fingerprint density at radius 2 is 1.77 bits per heavy atom. The molecule has 0 bridgehead atoms. The first-order valence-corrected chi connectivity index (χ1v) is 18.7. The summed E-state index contributed by atoms with van der Waals surface area (Å²) in [5, 5.41) is 26.3. The Labute approximate surface area is 321 Å². The SMILES string of the molecule is C[C@H]1CC(F)(F)c2c1c(C(F)F)nn2CC(=O)N[C@@H](Cc1cc(F)cc(F)c1)c1nc(C#CC(C)(C)O)ccc1-c1ccc(Cl)c2c(NS(N)(=O)=O)nn(C)c12. The second kappa shape index (κ2) is 14.7. The molecule has 1 aliphatic rings. The van der Waals surface area contributed by atoms with Gasteiger partial charge in [-0.25, -0.2) is 27.7 Å². The molecule has 12 nitrogen and oxygen atoms in total. The maximum absolute atomic E-state index is 15.2. The molecule has 0 aliphatic heterocycles. The maximum Gasteiger partial charge on any atom is 0.297 e. The van der Waals surface area contributed by atoms with Crippen LogP contribution in [0.1, 0.15) is 79.5 Å². The summed E-state index contributed by atoms with van der Waals surface area (Å²) in [7, 11) is -2.85. The Balaban J connectivity index is 1.54. The summed E-state index contributed by atoms with van der Waals surface area (Å²) in [4.78, 5) is 18.6. The predicted octanol–water partition coefficient (Wildman–Crippen LogP) is 6.14. The van der Waals surface area contributed by atoms with Gasteiger partial charge in [0.2, 0.25) is 5.91 Å². The van der Waals surface area contributed by atoms with Crippen LogP contribution in [-0.2, 0) is 40.9 Å². The lowest BCUT2D eigenvalue weighted by molar-refractivity contribution is -0.122. The Morgan fingerprint density at radius 1 is 1.11 bits per heavy atom. The number of rotatable bonds is 10. The van der Waals surface area contributed by atoms with E-state index in [9.17, 15) is 35.9 Å². The Morgan fingerprint density at radius 3 is 2.39 bits per heavy atom. The summed E-state index contributed by atoms with van der Waals surface area (Å²) in [5.74, 6) is -2.31. The summed E-state index contributed by atoms with van der Waals surface area (Å²) in [5.41, 5.74) is -2.65. The van der Waals surface area contributed by atoms with E-state index in [-0.39, 0.29) is 56.2 Å². The van der Waals surface area contributed by atoms with Gasteiger partial charge < -0.3 is 10.4 Å². The van der Waals surface area contributed by atoms with Crippen molar-refractivity contribution in [2.75, 3.05) is 4.72 Å². The number of aliphatic hydroxyl groups is 1. The summed E-state index contributed by atoms with van der Waals surface area (Å²) in [6, 6.07) is 7.26. The molecule has 2 atom stereocenters. The number of aryl methyl sites for hydroxylation is 1. The van der Waals surface area contributed by atoms with E-state index in [0.29, 0.717) is 16.3 Å². The zero-order valence-electron chi connectivity index (χ0n) is 29.9. The largest absolute Gasteiger partial charge is 0.378 e. The van der Waals surface area contributed by atoms with Gasteiger partial charge in [-0.3, -0.25) is 18.9 Å². The van der Waals surface area contributed by atoms with Crippen LogP contribution in [0.5, 0.6) is 0 Å². The zero-order chi connectivity index (χ0) is 41.1. The van der Waals surface area contributed by atoms with E-state index < -0.39 is 82.0 Å². The van der Waals surface area contributed by atoms with Gasteiger partial charge in [0.05, 0.1) is 27.7 Å². The van der Waals surface area contributed by atoms with Crippen molar-refractivity contribution in [2.24, 2.45) is 12.2 Å². The van der Waals surface area contributed by atoms with Gasteiger partial charge in [0.25, 0.3) is 22.6 Å². The molecule has 0 spiro atoms. The fourth-order valence-corrected chi connectivity index (χ4v) is 7.49. The highest BCUT2D eigenvalue weighted by molar-refractivity contribution is 7.90. The maximum atomic E-state index is 15.2. The molecular weight excluding hydrogens is 790 g/mol. The number of fused-ring (bicyclic) bond motifs is 2. The zero-order valence-corrected chi connectivity index (χ0v) is 31.5. The van der Waals surface area contributed by atoms with E-state index in [1.54, 1.807) is 6.07 Å². The third kappa shape index (κ3) is 8.48. The van der Waals surface area contributed by atoms with Crippen molar-refractivity contribution in [3.8, 4) is 23.0 Å². The highest BCUT2D eigenvalue weighted by Crippen LogP contribution is 2.51. The molecule has 3 heterocycles. The molecule has 0 radical (unpaired) electrons. The lowest BCUT2D eigenvalue weighted by Gasteiger charge is -2.23. The number of benzene rings is 2. The fraction of sp³-hybridized carbons (Fsp3) is 0.333. The molecule has 1 amide bonds. The lowest BCUT2D eigenvalue weighted by atomic mass is 9.93. The van der Waals surface area contributed by atoms with Gasteiger partial charge in [0.15, 0.2) is 5.82 Å². The van der Waals surface area contributed by atoms with Crippen LogP contribution < -0.4 is 15.2 Å². The van der Waals surface area contributed by atoms with Gasteiger partial charge in [-0.15, -0.1) is 0 Å². The number of hydrogen-bond acceptors (Lipinski definition) is 7. The number of pyridine rings is 1. The van der Waals surface area contributed by atoms with E-state index in [0.717, 1.165) is 12.1 Å². The van der Waals surface area contributed by atoms with E-state index >= 15 is 8.78 Å². The number of aromatic nitrogens is 5. The van der Waals surface area contributed by atoms with Crippen LogP contribution in [0.2, 0.25) is 5.02 Å². The van der Waals surface area contributed by atoms with Gasteiger partial charge in [-0.05, 0) is 68.0 Å². The Hall–Kier alpha value is -5.16. The number of amides is 1. The number of anilines is 1. The number of carbonyl (C=O) groups excluding carboxylic acids is 1. The number of nitrogens with zero attached hydrogens (tertiary/aromatic N) is 5. The molecule has 56 heavy (non-hydrogen) atoms. The molecule has 3 aromatic heterocycles. The summed E-state index contributed by atoms with van der Waals surface area (Å²) in [6.45, 7) is 3.25. The van der Waals surface area contributed by atoms with Crippen molar-refractivity contribution in [1.29, 1.82) is 0 Å². The summed E-state index contributed by atoms with van der Waals surface area (Å²) >= 11 is 6.53. The second-order valence-corrected chi connectivity index (χ2v) is 15.6. The molecule has 2 aromatic carbocycles. The van der Waals surface area contributed by atoms with Crippen molar-refractivity contribution in [3.63, 3.8) is 0 Å². The van der Waals surface area contributed by atoms with Gasteiger partial charge in [-0.2, -0.15) is 27.4 Å². The van der Waals surface area contributed by atoms with Crippen LogP contribution in [0.15, 0.2) is 42.5 Å². The number of alkyl halides is 4. The molecular formula is C36H33ClF6N8O4S. The average Bonchev–Trinajstić information content (AvgIpc) is 3.68. The van der Waals surface area contributed by atoms with Crippen molar-refractivity contribution in [1.82, 2.24) is 29.9 Å². The Kier molecular flexibility index (Phi) is 10.7. The first kappa shape index (κ1) is 40.5. The minimum absolute atomic E-state index is 0.00532. The summed E-state index contributed by atoms with van der Waals surface area (Å²) in [6.07, 6.45) is -4.34. The average molecular weight is 823 g/mol. The van der Waals surface area contributed by atoms with E-state index in [4.69, 9.17) is 16.7 Å². The second-order valence-electron chi connectivity index (χ2n) is 13.9. The van der Waals surface area contributed by atoms with Gasteiger partial charge in [0, 0.05) is 36.2 Å². The smallest absolute Gasteiger partial charge is 0.297 e. The monoisotopic (exact) mass is 822 g/mol. The molecule has 6 rings (SSSR count). The number of halogens is 7. The third-order valence-electron chi connectivity index (χ3n) is 8.83. The quantitative estimate of drug-likeness (QED) is 0.0969. The van der Waals surface area contributed by atoms with Crippen LogP contribution in [0.3, 0.4) is 0 Å². The molecule has 296 valence electrons. The highest BCUT2D eigenvalue weighted by Gasteiger charge is 2.50. The molecule has 0 unspecified atom stereocenters. The van der Waals surface area contributed by atoms with Gasteiger partial charge in [0.1, 0.15) is 40.9 Å². The van der Waals surface area contributed by atoms with E-state index in [2.05, 4.69) is 37.1 Å². The fourth-order valence-electron chi connectivity index (χ4n) is 6.84. The first-order valence-electron chi connectivity index (χ1n) is 16.7. The minimum Gasteiger partial charge on any atom is -0.378 e. The van der Waals surface area contributed by atoms with Gasteiger partial charge in [-0.1, -0.05) is 30.5 Å². The molecule has 5 N–H and O–H groups in total. The van der Waals surface area contributed by atoms with Crippen LogP contribution in [0, 0.1) is 23.5 Å².